The largest absolute Gasteiger partial charge is 0.481 e. The van der Waals surface area contributed by atoms with Crippen molar-refractivity contribution in [3.63, 3.8) is 0 Å². The molecule has 1 unspecified atom stereocenters. The Bertz CT molecular complexity index is 802. The van der Waals surface area contributed by atoms with Crippen LogP contribution in [0.2, 0.25) is 0 Å². The average molecular weight is 358 g/mol. The number of morpholine rings is 1. The number of amides is 2. The minimum absolute atomic E-state index is 0.163. The van der Waals surface area contributed by atoms with Gasteiger partial charge in [-0.2, -0.15) is 0 Å². The SMILES string of the molecule is O=C(O)CC1COCCN1C(=O)c1cccc(NC(=O)c2ccco2)c1. The van der Waals surface area contributed by atoms with E-state index in [0.717, 1.165) is 0 Å². The molecule has 136 valence electrons. The molecule has 26 heavy (non-hydrogen) atoms. The zero-order valence-electron chi connectivity index (χ0n) is 13.9. The first-order valence-corrected chi connectivity index (χ1v) is 8.10. The van der Waals surface area contributed by atoms with Gasteiger partial charge < -0.3 is 24.5 Å². The van der Waals surface area contributed by atoms with Crippen LogP contribution < -0.4 is 5.32 Å². The average Bonchev–Trinajstić information content (AvgIpc) is 3.16. The summed E-state index contributed by atoms with van der Waals surface area (Å²) in [5, 5.41) is 11.7. The Morgan fingerprint density at radius 3 is 2.81 bits per heavy atom. The molecular weight excluding hydrogens is 340 g/mol. The highest BCUT2D eigenvalue weighted by Crippen LogP contribution is 2.18. The zero-order chi connectivity index (χ0) is 18.5. The molecule has 1 fully saturated rings. The summed E-state index contributed by atoms with van der Waals surface area (Å²) >= 11 is 0. The van der Waals surface area contributed by atoms with Crippen molar-refractivity contribution in [2.75, 3.05) is 25.1 Å². The monoisotopic (exact) mass is 358 g/mol. The van der Waals surface area contributed by atoms with E-state index in [1.165, 1.54) is 17.2 Å². The van der Waals surface area contributed by atoms with Crippen LogP contribution in [0, 0.1) is 0 Å². The van der Waals surface area contributed by atoms with Crippen LogP contribution in [0.5, 0.6) is 0 Å². The van der Waals surface area contributed by atoms with Crippen LogP contribution in [0.3, 0.4) is 0 Å². The summed E-state index contributed by atoms with van der Waals surface area (Å²) in [7, 11) is 0. The van der Waals surface area contributed by atoms with Crippen molar-refractivity contribution in [3.05, 3.63) is 54.0 Å². The summed E-state index contributed by atoms with van der Waals surface area (Å²) in [6.45, 7) is 0.865. The van der Waals surface area contributed by atoms with Gasteiger partial charge in [-0.1, -0.05) is 6.07 Å². The van der Waals surface area contributed by atoms with Crippen molar-refractivity contribution in [3.8, 4) is 0 Å². The van der Waals surface area contributed by atoms with Gasteiger partial charge in [0.1, 0.15) is 0 Å². The van der Waals surface area contributed by atoms with Crippen molar-refractivity contribution in [2.24, 2.45) is 0 Å². The Hall–Kier alpha value is -3.13. The third-order valence-corrected chi connectivity index (χ3v) is 4.01. The van der Waals surface area contributed by atoms with E-state index in [9.17, 15) is 14.4 Å². The minimum atomic E-state index is -0.988. The van der Waals surface area contributed by atoms with Gasteiger partial charge in [0.2, 0.25) is 0 Å². The predicted molar refractivity (Wildman–Crippen MR) is 91.0 cm³/mol. The number of carboxylic acids is 1. The number of carboxylic acid groups (broad SMARTS) is 1. The maximum absolute atomic E-state index is 12.8. The van der Waals surface area contributed by atoms with Crippen LogP contribution in [0.15, 0.2) is 47.1 Å². The molecule has 1 aliphatic heterocycles. The van der Waals surface area contributed by atoms with Crippen molar-refractivity contribution in [1.82, 2.24) is 4.90 Å². The number of anilines is 1. The second kappa shape index (κ2) is 7.83. The number of carbonyl (C=O) groups excluding carboxylic acids is 2. The smallest absolute Gasteiger partial charge is 0.305 e. The van der Waals surface area contributed by atoms with E-state index in [-0.39, 0.29) is 24.7 Å². The van der Waals surface area contributed by atoms with Crippen LogP contribution >= 0.6 is 0 Å². The van der Waals surface area contributed by atoms with Gasteiger partial charge in [-0.3, -0.25) is 14.4 Å². The summed E-state index contributed by atoms with van der Waals surface area (Å²) in [6.07, 6.45) is 1.22. The van der Waals surface area contributed by atoms with Gasteiger partial charge in [0, 0.05) is 17.8 Å². The summed E-state index contributed by atoms with van der Waals surface area (Å²) < 4.78 is 10.3. The Labute approximate surface area is 149 Å². The molecule has 8 nitrogen and oxygen atoms in total. The van der Waals surface area contributed by atoms with Gasteiger partial charge in [0.15, 0.2) is 5.76 Å². The Kier molecular flexibility index (Phi) is 5.33. The Morgan fingerprint density at radius 1 is 1.23 bits per heavy atom. The van der Waals surface area contributed by atoms with Crippen molar-refractivity contribution < 1.29 is 28.6 Å². The minimum Gasteiger partial charge on any atom is -0.481 e. The van der Waals surface area contributed by atoms with Gasteiger partial charge >= 0.3 is 5.97 Å². The standard InChI is InChI=1S/C18H18N2O6/c21-16(22)10-14-11-25-8-6-20(14)18(24)12-3-1-4-13(9-12)19-17(23)15-5-2-7-26-15/h1-5,7,9,14H,6,8,10-11H2,(H,19,23)(H,21,22). The molecule has 3 rings (SSSR count). The number of hydrogen-bond donors (Lipinski definition) is 2. The Morgan fingerprint density at radius 2 is 2.08 bits per heavy atom. The molecule has 1 atom stereocenters. The summed E-state index contributed by atoms with van der Waals surface area (Å²) in [6, 6.07) is 9.11. The summed E-state index contributed by atoms with van der Waals surface area (Å²) in [4.78, 5) is 37.4. The molecule has 0 saturated carbocycles. The predicted octanol–water partition coefficient (Wildman–Crippen LogP) is 1.85. The number of ether oxygens (including phenoxy) is 1. The first-order valence-electron chi connectivity index (χ1n) is 8.10. The maximum atomic E-state index is 12.8. The fourth-order valence-corrected chi connectivity index (χ4v) is 2.79. The van der Waals surface area contributed by atoms with Crippen molar-refractivity contribution in [1.29, 1.82) is 0 Å². The number of carbonyl (C=O) groups is 3. The van der Waals surface area contributed by atoms with E-state index in [4.69, 9.17) is 14.3 Å². The number of hydrogen-bond acceptors (Lipinski definition) is 5. The van der Waals surface area contributed by atoms with E-state index in [1.807, 2.05) is 0 Å². The highest BCUT2D eigenvalue weighted by Gasteiger charge is 2.29. The normalized spacial score (nSPS) is 16.9. The molecule has 2 amide bonds. The van der Waals surface area contributed by atoms with Crippen LogP contribution in [-0.4, -0.2) is 53.6 Å². The zero-order valence-corrected chi connectivity index (χ0v) is 13.9. The number of aliphatic carboxylic acids is 1. The van der Waals surface area contributed by atoms with E-state index in [0.29, 0.717) is 24.4 Å². The second-order valence-corrected chi connectivity index (χ2v) is 5.84. The molecule has 1 saturated heterocycles. The molecule has 2 N–H and O–H groups in total. The molecule has 1 aliphatic rings. The van der Waals surface area contributed by atoms with E-state index in [2.05, 4.69) is 5.32 Å². The van der Waals surface area contributed by atoms with Crippen LogP contribution in [-0.2, 0) is 9.53 Å². The molecular formula is C18H18N2O6. The lowest BCUT2D eigenvalue weighted by Crippen LogP contribution is -2.49. The molecule has 0 bridgehead atoms. The van der Waals surface area contributed by atoms with Gasteiger partial charge in [0.25, 0.3) is 11.8 Å². The van der Waals surface area contributed by atoms with E-state index >= 15 is 0 Å². The summed E-state index contributed by atoms with van der Waals surface area (Å²) in [5.74, 6) is -1.54. The lowest BCUT2D eigenvalue weighted by molar-refractivity contribution is -0.139. The second-order valence-electron chi connectivity index (χ2n) is 5.84. The molecule has 2 heterocycles. The van der Waals surface area contributed by atoms with Crippen LogP contribution in [0.4, 0.5) is 5.69 Å². The van der Waals surface area contributed by atoms with Crippen molar-refractivity contribution in [2.45, 2.75) is 12.5 Å². The van der Waals surface area contributed by atoms with Crippen molar-refractivity contribution >= 4 is 23.5 Å². The number of rotatable bonds is 5. The van der Waals surface area contributed by atoms with Crippen LogP contribution in [0.25, 0.3) is 0 Å². The third-order valence-electron chi connectivity index (χ3n) is 4.01. The molecule has 1 aromatic heterocycles. The van der Waals surface area contributed by atoms with Gasteiger partial charge in [-0.25, -0.2) is 0 Å². The summed E-state index contributed by atoms with van der Waals surface area (Å²) in [5.41, 5.74) is 0.805. The van der Waals surface area contributed by atoms with Gasteiger partial charge in [0.05, 0.1) is 31.9 Å². The quantitative estimate of drug-likeness (QED) is 0.844. The molecule has 8 heteroatoms. The molecule has 2 aromatic rings. The van der Waals surface area contributed by atoms with Gasteiger partial charge in [-0.15, -0.1) is 0 Å². The van der Waals surface area contributed by atoms with E-state index in [1.54, 1.807) is 30.3 Å². The highest BCUT2D eigenvalue weighted by molar-refractivity contribution is 6.03. The van der Waals surface area contributed by atoms with E-state index < -0.39 is 17.9 Å². The first-order chi connectivity index (χ1) is 12.5. The fraction of sp³-hybridized carbons (Fsp3) is 0.278. The van der Waals surface area contributed by atoms with Gasteiger partial charge in [-0.05, 0) is 30.3 Å². The third kappa shape index (κ3) is 4.09. The Balaban J connectivity index is 1.74. The number of nitrogens with zero attached hydrogens (tertiary/aromatic N) is 1. The number of benzene rings is 1. The van der Waals surface area contributed by atoms with Crippen LogP contribution in [0.1, 0.15) is 27.3 Å². The first kappa shape index (κ1) is 17.7. The lowest BCUT2D eigenvalue weighted by Gasteiger charge is -2.35. The fourth-order valence-electron chi connectivity index (χ4n) is 2.79. The number of furan rings is 1. The maximum Gasteiger partial charge on any atom is 0.305 e. The molecule has 0 aliphatic carbocycles. The number of nitrogens with one attached hydrogen (secondary N) is 1. The molecule has 1 aromatic carbocycles. The molecule has 0 spiro atoms. The highest BCUT2D eigenvalue weighted by atomic mass is 16.5. The molecule has 0 radical (unpaired) electrons. The lowest BCUT2D eigenvalue weighted by atomic mass is 10.1. The topological polar surface area (TPSA) is 109 Å².